The van der Waals surface area contributed by atoms with E-state index in [1.54, 1.807) is 12.1 Å². The summed E-state index contributed by atoms with van der Waals surface area (Å²) in [5.74, 6) is -0.201. The van der Waals surface area contributed by atoms with Crippen molar-refractivity contribution >= 4 is 28.5 Å². The van der Waals surface area contributed by atoms with Gasteiger partial charge in [-0.05, 0) is 44.0 Å². The smallest absolute Gasteiger partial charge is 0.241 e. The molecule has 31 heavy (non-hydrogen) atoms. The van der Waals surface area contributed by atoms with Gasteiger partial charge in [0.15, 0.2) is 0 Å². The first kappa shape index (κ1) is 24.0. The van der Waals surface area contributed by atoms with Gasteiger partial charge in [0, 0.05) is 25.2 Å². The largest absolute Gasteiger partial charge is 0.358 e. The van der Waals surface area contributed by atoms with Crippen LogP contribution in [0.25, 0.3) is 0 Å². The van der Waals surface area contributed by atoms with Crippen molar-refractivity contribution < 1.29 is 9.18 Å². The van der Waals surface area contributed by atoms with Crippen LogP contribution in [0.1, 0.15) is 44.2 Å². The molecule has 1 aromatic rings. The highest BCUT2D eigenvalue weighted by Crippen LogP contribution is 2.37. The minimum Gasteiger partial charge on any atom is -0.358 e. The molecular weight excluding hydrogens is 508 g/mol. The summed E-state index contributed by atoms with van der Waals surface area (Å²) in [5, 5.41) is 9.34. The van der Waals surface area contributed by atoms with Gasteiger partial charge in [-0.1, -0.05) is 48.2 Å². The summed E-state index contributed by atoms with van der Waals surface area (Å²) in [6.07, 6.45) is 3.27. The highest BCUT2D eigenvalue weighted by molar-refractivity contribution is 14.1. The van der Waals surface area contributed by atoms with Crippen molar-refractivity contribution in [3.63, 3.8) is 0 Å². The van der Waals surface area contributed by atoms with Gasteiger partial charge in [-0.2, -0.15) is 5.26 Å². The van der Waals surface area contributed by atoms with Crippen molar-refractivity contribution in [3.05, 3.63) is 47.9 Å². The van der Waals surface area contributed by atoms with Gasteiger partial charge >= 0.3 is 0 Å². The quantitative estimate of drug-likeness (QED) is 0.312. The molecule has 5 atom stereocenters. The third-order valence-corrected chi connectivity index (χ3v) is 7.56. The van der Waals surface area contributed by atoms with Gasteiger partial charge in [-0.3, -0.25) is 9.69 Å². The number of likely N-dealkylation sites (tertiary alicyclic amines) is 2. The first-order valence-corrected chi connectivity index (χ1v) is 12.1. The molecule has 2 saturated heterocycles. The van der Waals surface area contributed by atoms with Gasteiger partial charge in [0.1, 0.15) is 11.9 Å². The van der Waals surface area contributed by atoms with Crippen LogP contribution in [-0.4, -0.2) is 62.9 Å². The number of carbonyl (C=O) groups excluding carboxylic acids is 1. The van der Waals surface area contributed by atoms with Crippen molar-refractivity contribution in [1.82, 2.24) is 14.7 Å². The third-order valence-electron chi connectivity index (χ3n) is 6.45. The number of hydrogen-bond donors (Lipinski definition) is 1. The molecule has 3 rings (SSSR count). The predicted octanol–water partition coefficient (Wildman–Crippen LogP) is 3.40. The summed E-state index contributed by atoms with van der Waals surface area (Å²) in [5.41, 5.74) is 8.15. The molecular formula is C23H31FIN5O. The molecule has 6 nitrogen and oxygen atoms in total. The lowest BCUT2D eigenvalue weighted by molar-refractivity contribution is -0.134. The molecule has 2 aliphatic rings. The number of nitriles is 1. The molecule has 2 heterocycles. The number of nitrogens with zero attached hydrogens (tertiary/aromatic N) is 4. The Labute approximate surface area is 198 Å². The normalized spacial score (nSPS) is 25.7. The fourth-order valence-corrected chi connectivity index (χ4v) is 5.85. The third kappa shape index (κ3) is 5.04. The van der Waals surface area contributed by atoms with Gasteiger partial charge in [0.05, 0.1) is 28.2 Å². The lowest BCUT2D eigenvalue weighted by atomic mass is 10.0. The van der Waals surface area contributed by atoms with E-state index in [9.17, 15) is 14.4 Å². The molecule has 4 unspecified atom stereocenters. The monoisotopic (exact) mass is 539 g/mol. The average Bonchev–Trinajstić information content (AvgIpc) is 3.34. The lowest BCUT2D eigenvalue weighted by Crippen LogP contribution is -2.48. The minimum atomic E-state index is -0.340. The highest BCUT2D eigenvalue weighted by atomic mass is 127. The van der Waals surface area contributed by atoms with Crippen LogP contribution in [0.5, 0.6) is 0 Å². The zero-order valence-electron chi connectivity index (χ0n) is 18.2. The standard InChI is InChI=1S/C23H31FIN5O/c1-4-20(16-7-9-17(24)10-8-16)30-22(25)12-21(23(30)31)28(3)14-19(27)15(2)29-11-5-6-18(29)13-26/h7-10,18-22H,2,4-6,11-12,14,27H2,1,3H3/t18?,19?,20?,21?,22-/m0/s1. The highest BCUT2D eigenvalue weighted by Gasteiger charge is 2.44. The van der Waals surface area contributed by atoms with Crippen molar-refractivity contribution in [2.45, 2.75) is 60.8 Å². The number of halogens is 2. The summed E-state index contributed by atoms with van der Waals surface area (Å²) < 4.78 is 13.4. The molecule has 1 amide bonds. The Bertz CT molecular complexity index is 841. The summed E-state index contributed by atoms with van der Waals surface area (Å²) >= 11 is 2.33. The molecule has 2 fully saturated rings. The van der Waals surface area contributed by atoms with E-state index in [4.69, 9.17) is 5.73 Å². The summed E-state index contributed by atoms with van der Waals surface area (Å²) in [6, 6.07) is 7.89. The van der Waals surface area contributed by atoms with Crippen LogP contribution in [0.4, 0.5) is 4.39 Å². The fourth-order valence-electron chi connectivity index (χ4n) is 4.70. The van der Waals surface area contributed by atoms with Crippen LogP contribution < -0.4 is 5.73 Å². The van der Waals surface area contributed by atoms with E-state index < -0.39 is 0 Å². The Balaban J connectivity index is 1.68. The number of carbonyl (C=O) groups is 1. The second kappa shape index (κ2) is 10.3. The number of amides is 1. The van der Waals surface area contributed by atoms with E-state index in [-0.39, 0.29) is 39.9 Å². The van der Waals surface area contributed by atoms with E-state index in [0.29, 0.717) is 13.0 Å². The summed E-state index contributed by atoms with van der Waals surface area (Å²) in [4.78, 5) is 19.3. The van der Waals surface area contributed by atoms with Gasteiger partial charge in [0.25, 0.3) is 0 Å². The van der Waals surface area contributed by atoms with Gasteiger partial charge in [0.2, 0.25) is 5.91 Å². The van der Waals surface area contributed by atoms with E-state index in [1.165, 1.54) is 12.1 Å². The number of likely N-dealkylation sites (N-methyl/N-ethyl adjacent to an activating group) is 1. The fraction of sp³-hybridized carbons (Fsp3) is 0.565. The molecule has 0 radical (unpaired) electrons. The van der Waals surface area contributed by atoms with Crippen LogP contribution in [0.15, 0.2) is 36.5 Å². The number of hydrogen-bond acceptors (Lipinski definition) is 5. The number of alkyl halides is 1. The van der Waals surface area contributed by atoms with Crippen molar-refractivity contribution in [1.29, 1.82) is 5.26 Å². The molecule has 2 aliphatic heterocycles. The van der Waals surface area contributed by atoms with E-state index in [1.807, 2.05) is 28.7 Å². The van der Waals surface area contributed by atoms with Crippen molar-refractivity contribution in [2.75, 3.05) is 20.1 Å². The molecule has 0 bridgehead atoms. The van der Waals surface area contributed by atoms with Crippen LogP contribution >= 0.6 is 22.6 Å². The summed E-state index contributed by atoms with van der Waals surface area (Å²) in [7, 11) is 1.92. The maximum Gasteiger partial charge on any atom is 0.241 e. The number of nitrogens with two attached hydrogens (primary N) is 1. The molecule has 0 aromatic heterocycles. The van der Waals surface area contributed by atoms with E-state index in [0.717, 1.165) is 37.1 Å². The molecule has 8 heteroatoms. The summed E-state index contributed by atoms with van der Waals surface area (Å²) in [6.45, 7) is 7.49. The first-order valence-electron chi connectivity index (χ1n) is 10.8. The number of benzene rings is 1. The molecule has 0 saturated carbocycles. The average molecular weight is 539 g/mol. The molecule has 1 aromatic carbocycles. The minimum absolute atomic E-state index is 0.0496. The van der Waals surface area contributed by atoms with Crippen LogP contribution in [0.2, 0.25) is 0 Å². The van der Waals surface area contributed by atoms with E-state index >= 15 is 0 Å². The maximum atomic E-state index is 13.4. The van der Waals surface area contributed by atoms with E-state index in [2.05, 4.69) is 35.2 Å². The Morgan fingerprint density at radius 1 is 1.45 bits per heavy atom. The topological polar surface area (TPSA) is 76.6 Å². The zero-order chi connectivity index (χ0) is 22.7. The van der Waals surface area contributed by atoms with Crippen molar-refractivity contribution in [3.8, 4) is 6.07 Å². The van der Waals surface area contributed by atoms with Gasteiger partial charge < -0.3 is 15.5 Å². The molecule has 168 valence electrons. The predicted molar refractivity (Wildman–Crippen MR) is 128 cm³/mol. The van der Waals surface area contributed by atoms with Crippen LogP contribution in [0, 0.1) is 17.1 Å². The van der Waals surface area contributed by atoms with Gasteiger partial charge in [-0.15, -0.1) is 0 Å². The van der Waals surface area contributed by atoms with Gasteiger partial charge in [-0.25, -0.2) is 4.39 Å². The van der Waals surface area contributed by atoms with Crippen LogP contribution in [-0.2, 0) is 4.79 Å². The molecule has 0 aliphatic carbocycles. The molecule has 2 N–H and O–H groups in total. The second-order valence-corrected chi connectivity index (χ2v) is 9.86. The van der Waals surface area contributed by atoms with Crippen molar-refractivity contribution in [2.24, 2.45) is 5.73 Å². The lowest BCUT2D eigenvalue weighted by Gasteiger charge is -2.33. The first-order chi connectivity index (χ1) is 14.8. The number of rotatable bonds is 8. The zero-order valence-corrected chi connectivity index (χ0v) is 20.3. The maximum absolute atomic E-state index is 13.4. The SMILES string of the molecule is C=C(C(N)CN(C)C1C[C@@H](I)N(C(CC)c2ccc(F)cc2)C1=O)N1CCCC1C#N. The Kier molecular flexibility index (Phi) is 7.94. The Hall–Kier alpha value is -1.70. The Morgan fingerprint density at radius 2 is 2.13 bits per heavy atom. The Morgan fingerprint density at radius 3 is 2.74 bits per heavy atom. The van der Waals surface area contributed by atoms with Crippen LogP contribution in [0.3, 0.4) is 0 Å². The molecule has 0 spiro atoms. The second-order valence-electron chi connectivity index (χ2n) is 8.42.